The number of carbonyl (C=O) groups is 1. The molecule has 2 N–H and O–H groups in total. The molecule has 2 amide bonds. The normalized spacial score (nSPS) is 15.9. The van der Waals surface area contributed by atoms with E-state index in [1.807, 2.05) is 30.3 Å². The molecule has 1 aliphatic heterocycles. The van der Waals surface area contributed by atoms with E-state index in [0.29, 0.717) is 10.7 Å². The van der Waals surface area contributed by atoms with Gasteiger partial charge in [-0.1, -0.05) is 29.8 Å². The maximum Gasteiger partial charge on any atom is 0.355 e. The summed E-state index contributed by atoms with van der Waals surface area (Å²) in [6, 6.07) is 10.9. The molecule has 164 valence electrons. The van der Waals surface area contributed by atoms with Crippen molar-refractivity contribution >= 4 is 23.3 Å². The molecule has 10 heteroatoms. The maximum atomic E-state index is 12.2. The quantitative estimate of drug-likeness (QED) is 0.291. The van der Waals surface area contributed by atoms with Crippen LogP contribution in [-0.2, 0) is 24.2 Å². The van der Waals surface area contributed by atoms with Crippen molar-refractivity contribution < 1.29 is 14.8 Å². The number of halogens is 1. The first-order valence-corrected chi connectivity index (χ1v) is 10.3. The Bertz CT molecular complexity index is 995. The second-order valence-corrected chi connectivity index (χ2v) is 7.94. The lowest BCUT2D eigenvalue weighted by Gasteiger charge is -2.26. The van der Waals surface area contributed by atoms with Crippen molar-refractivity contribution in [2.24, 2.45) is 5.28 Å². The third-order valence-corrected chi connectivity index (χ3v) is 5.87. The van der Waals surface area contributed by atoms with Crippen molar-refractivity contribution in [2.45, 2.75) is 31.7 Å². The molecule has 0 fully saturated rings. The van der Waals surface area contributed by atoms with Crippen LogP contribution in [0.15, 0.2) is 41.7 Å². The van der Waals surface area contributed by atoms with Gasteiger partial charge in [0.15, 0.2) is 0 Å². The van der Waals surface area contributed by atoms with Crippen molar-refractivity contribution in [2.75, 3.05) is 26.0 Å². The third kappa shape index (κ3) is 5.73. The summed E-state index contributed by atoms with van der Waals surface area (Å²) >= 11 is 6.09. The largest absolute Gasteiger partial charge is 0.506 e. The molecule has 1 aliphatic rings. The fraction of sp³-hybridized carbons (Fsp3) is 0.381. The zero-order valence-corrected chi connectivity index (χ0v) is 18.2. The number of hydrogen-bond donors (Lipinski definition) is 2. The van der Waals surface area contributed by atoms with Gasteiger partial charge in [0.1, 0.15) is 11.0 Å². The number of aromatic hydroxyl groups is 1. The van der Waals surface area contributed by atoms with Gasteiger partial charge in [-0.3, -0.25) is 0 Å². The monoisotopic (exact) mass is 444 g/mol. The van der Waals surface area contributed by atoms with Crippen LogP contribution in [0.2, 0.25) is 5.02 Å². The van der Waals surface area contributed by atoms with Gasteiger partial charge in [0.2, 0.25) is 0 Å². The number of phenols is 1. The molecule has 0 aliphatic carbocycles. The lowest BCUT2D eigenvalue weighted by Crippen LogP contribution is -2.34. The van der Waals surface area contributed by atoms with Crippen molar-refractivity contribution in [3.8, 4) is 5.75 Å². The number of phenolic OH excluding ortho intramolecular Hbond substituents is 1. The van der Waals surface area contributed by atoms with Crippen LogP contribution in [0, 0.1) is 0 Å². The van der Waals surface area contributed by atoms with E-state index in [4.69, 9.17) is 17.1 Å². The van der Waals surface area contributed by atoms with Crippen LogP contribution < -0.4 is 5.32 Å². The second-order valence-electron chi connectivity index (χ2n) is 7.54. The van der Waals surface area contributed by atoms with Gasteiger partial charge in [-0.25, -0.2) is 4.79 Å². The molecule has 0 aromatic heterocycles. The van der Waals surface area contributed by atoms with Crippen molar-refractivity contribution in [3.63, 3.8) is 0 Å². The maximum absolute atomic E-state index is 12.2. The zero-order chi connectivity index (χ0) is 22.4. The van der Waals surface area contributed by atoms with E-state index in [-0.39, 0.29) is 11.8 Å². The highest BCUT2D eigenvalue weighted by molar-refractivity contribution is 6.32. The van der Waals surface area contributed by atoms with Gasteiger partial charge in [0, 0.05) is 23.2 Å². The number of fused-ring (bicyclic) bond motifs is 1. The van der Waals surface area contributed by atoms with E-state index < -0.39 is 6.03 Å². The second kappa shape index (κ2) is 10.3. The van der Waals surface area contributed by atoms with Crippen LogP contribution in [0.3, 0.4) is 0 Å². The number of para-hydroxylation sites is 1. The van der Waals surface area contributed by atoms with E-state index in [0.717, 1.165) is 48.4 Å². The molecule has 0 saturated heterocycles. The molecule has 0 saturated carbocycles. The number of hydrogen-bond acceptors (Lipinski definition) is 5. The topological polar surface area (TPSA) is 114 Å². The van der Waals surface area contributed by atoms with E-state index in [9.17, 15) is 9.90 Å². The molecule has 0 spiro atoms. The van der Waals surface area contributed by atoms with Crippen LogP contribution >= 0.6 is 11.6 Å². The van der Waals surface area contributed by atoms with Crippen molar-refractivity contribution in [1.29, 1.82) is 0 Å². The van der Waals surface area contributed by atoms with Crippen LogP contribution in [0.1, 0.15) is 23.1 Å². The minimum absolute atomic E-state index is 0.115. The van der Waals surface area contributed by atoms with Crippen LogP contribution in [0.25, 0.3) is 10.4 Å². The average molecular weight is 445 g/mol. The van der Waals surface area contributed by atoms with E-state index in [1.165, 1.54) is 12.6 Å². The predicted molar refractivity (Wildman–Crippen MR) is 119 cm³/mol. The smallest absolute Gasteiger partial charge is 0.355 e. The molecule has 1 atom stereocenters. The molecule has 0 radical (unpaired) electrons. The van der Waals surface area contributed by atoms with Gasteiger partial charge in [-0.2, -0.15) is 5.06 Å². The number of urea groups is 1. The highest BCUT2D eigenvalue weighted by Crippen LogP contribution is 2.31. The Hall–Kier alpha value is -3.13. The molecule has 1 unspecified atom stereocenters. The molecule has 9 nitrogen and oxygen atoms in total. The van der Waals surface area contributed by atoms with E-state index in [1.54, 1.807) is 6.07 Å². The first-order chi connectivity index (χ1) is 14.9. The standard InChI is InChI=1S/C21H25ClN6O3/c1-27-10-9-15-12-18(22)20(29)13-16(15)11-17(27)8-7-14-5-3-4-6-19(14)24-21(30)28(2)31-26-25-23/h3-6,12-13,17,29H,7-11H2,1-2H3,(H,24,30). The summed E-state index contributed by atoms with van der Waals surface area (Å²) in [5, 5.41) is 16.9. The number of anilines is 1. The molecular formula is C21H25ClN6O3. The number of nitrogens with one attached hydrogen (secondary N) is 1. The summed E-state index contributed by atoms with van der Waals surface area (Å²) < 4.78 is 0. The number of nitrogens with zero attached hydrogens (tertiary/aromatic N) is 5. The highest BCUT2D eigenvalue weighted by atomic mass is 35.5. The van der Waals surface area contributed by atoms with Gasteiger partial charge in [0.05, 0.1) is 12.1 Å². The number of benzene rings is 2. The molecule has 3 rings (SSSR count). The summed E-state index contributed by atoms with van der Waals surface area (Å²) in [5.41, 5.74) is 12.3. The number of azide groups is 1. The van der Waals surface area contributed by atoms with E-state index >= 15 is 0 Å². The molecule has 1 heterocycles. The number of aryl methyl sites for hydroxylation is 1. The Morgan fingerprint density at radius 1 is 1.42 bits per heavy atom. The Kier molecular flexibility index (Phi) is 7.46. The first kappa shape index (κ1) is 22.6. The van der Waals surface area contributed by atoms with Crippen molar-refractivity contribution in [3.05, 3.63) is 68.6 Å². The number of rotatable bonds is 6. The van der Waals surface area contributed by atoms with Crippen LogP contribution in [-0.4, -0.2) is 47.8 Å². The summed E-state index contributed by atoms with van der Waals surface area (Å²) in [5.74, 6) is 0.115. The molecule has 0 bridgehead atoms. The summed E-state index contributed by atoms with van der Waals surface area (Å²) in [6.45, 7) is 0.901. The Balaban J connectivity index is 1.69. The lowest BCUT2D eigenvalue weighted by atomic mass is 9.96. The Labute approximate surface area is 185 Å². The number of likely N-dealkylation sites (N-methyl/N-ethyl adjacent to an activating group) is 1. The highest BCUT2D eigenvalue weighted by Gasteiger charge is 2.23. The lowest BCUT2D eigenvalue weighted by molar-refractivity contribution is -0.0957. The van der Waals surface area contributed by atoms with Crippen molar-refractivity contribution in [1.82, 2.24) is 9.96 Å². The fourth-order valence-corrected chi connectivity index (χ4v) is 3.95. The Morgan fingerprint density at radius 3 is 2.97 bits per heavy atom. The summed E-state index contributed by atoms with van der Waals surface area (Å²) in [4.78, 5) is 21.6. The van der Waals surface area contributed by atoms with Gasteiger partial charge in [-0.05, 0) is 73.2 Å². The summed E-state index contributed by atoms with van der Waals surface area (Å²) in [7, 11) is 3.46. The number of carbonyl (C=O) groups excluding carboxylic acids is 1. The predicted octanol–water partition coefficient (Wildman–Crippen LogP) is 4.70. The van der Waals surface area contributed by atoms with Crippen LogP contribution in [0.5, 0.6) is 5.75 Å². The van der Waals surface area contributed by atoms with Gasteiger partial charge in [0.25, 0.3) is 0 Å². The Morgan fingerprint density at radius 2 is 2.19 bits per heavy atom. The van der Waals surface area contributed by atoms with Gasteiger partial charge >= 0.3 is 6.03 Å². The number of amides is 2. The number of hydroxylamine groups is 2. The summed E-state index contributed by atoms with van der Waals surface area (Å²) in [6.07, 6.45) is 3.32. The molecule has 2 aromatic rings. The fourth-order valence-electron chi connectivity index (χ4n) is 3.77. The molecule has 2 aromatic carbocycles. The van der Waals surface area contributed by atoms with Crippen LogP contribution in [0.4, 0.5) is 10.5 Å². The van der Waals surface area contributed by atoms with Gasteiger partial charge < -0.3 is 20.3 Å². The SMILES string of the molecule is CN(ON=[N+]=[N-])C(=O)Nc1ccccc1CCC1Cc2cc(O)c(Cl)cc2CCN1C. The minimum Gasteiger partial charge on any atom is -0.506 e. The van der Waals surface area contributed by atoms with E-state index in [2.05, 4.69) is 32.4 Å². The average Bonchev–Trinajstić information content (AvgIpc) is 2.90. The first-order valence-electron chi connectivity index (χ1n) is 9.93. The van der Waals surface area contributed by atoms with Gasteiger partial charge in [-0.15, -0.1) is 0 Å². The zero-order valence-electron chi connectivity index (χ0n) is 17.5. The third-order valence-electron chi connectivity index (χ3n) is 5.57. The minimum atomic E-state index is -0.548. The molecular weight excluding hydrogens is 420 g/mol. The molecule has 31 heavy (non-hydrogen) atoms.